The lowest BCUT2D eigenvalue weighted by molar-refractivity contribution is 0.0607. The number of likely N-dealkylation sites (tertiary alicyclic amines) is 1. The summed E-state index contributed by atoms with van der Waals surface area (Å²) >= 11 is 6.18. The van der Waals surface area contributed by atoms with Gasteiger partial charge in [0.2, 0.25) is 10.0 Å². The van der Waals surface area contributed by atoms with Crippen LogP contribution in [0.4, 0.5) is 11.5 Å². The first-order chi connectivity index (χ1) is 16.2. The summed E-state index contributed by atoms with van der Waals surface area (Å²) in [5.41, 5.74) is 2.91. The zero-order chi connectivity index (χ0) is 24.0. The second-order valence-corrected chi connectivity index (χ2v) is 11.2. The predicted molar refractivity (Wildman–Crippen MR) is 132 cm³/mol. The number of piperidine rings is 1. The summed E-state index contributed by atoms with van der Waals surface area (Å²) < 4.78 is 28.1. The summed E-state index contributed by atoms with van der Waals surface area (Å²) in [5.74, 6) is 0.741. The van der Waals surface area contributed by atoms with Gasteiger partial charge in [0.05, 0.1) is 29.2 Å². The van der Waals surface area contributed by atoms with Crippen molar-refractivity contribution in [2.45, 2.75) is 38.6 Å². The van der Waals surface area contributed by atoms with Crippen LogP contribution >= 0.6 is 11.6 Å². The first-order valence-corrected chi connectivity index (χ1v) is 13.7. The molecule has 180 valence electrons. The number of nitrogens with one attached hydrogen (secondary N) is 1. The van der Waals surface area contributed by atoms with Gasteiger partial charge in [-0.2, -0.15) is 9.61 Å². The van der Waals surface area contributed by atoms with Crippen LogP contribution in [0.15, 0.2) is 30.3 Å². The van der Waals surface area contributed by atoms with Gasteiger partial charge in [0, 0.05) is 42.5 Å². The fourth-order valence-electron chi connectivity index (χ4n) is 4.65. The van der Waals surface area contributed by atoms with Crippen molar-refractivity contribution in [2.75, 3.05) is 35.5 Å². The lowest BCUT2D eigenvalue weighted by atomic mass is 9.98. The van der Waals surface area contributed by atoms with E-state index in [1.165, 1.54) is 12.1 Å². The molecular weight excluding hydrogens is 476 g/mol. The van der Waals surface area contributed by atoms with Gasteiger partial charge in [-0.1, -0.05) is 11.6 Å². The van der Waals surface area contributed by atoms with E-state index in [1.807, 2.05) is 23.6 Å². The van der Waals surface area contributed by atoms with Crippen LogP contribution in [0.1, 0.15) is 53.5 Å². The topological polar surface area (TPSA) is 99.9 Å². The maximum Gasteiger partial charge on any atom is 0.256 e. The van der Waals surface area contributed by atoms with Crippen molar-refractivity contribution >= 4 is 44.7 Å². The van der Waals surface area contributed by atoms with Crippen LogP contribution in [0.5, 0.6) is 0 Å². The van der Waals surface area contributed by atoms with Crippen LogP contribution < -0.4 is 9.62 Å². The quantitative estimate of drug-likeness (QED) is 0.571. The molecule has 1 N–H and O–H groups in total. The first-order valence-electron chi connectivity index (χ1n) is 11.4. The van der Waals surface area contributed by atoms with E-state index >= 15 is 0 Å². The molecule has 1 amide bonds. The number of aromatic nitrogens is 3. The molecule has 2 aliphatic heterocycles. The molecule has 1 atom stereocenters. The molecule has 2 aliphatic rings. The van der Waals surface area contributed by atoms with Crippen molar-refractivity contribution in [3.63, 3.8) is 0 Å². The summed E-state index contributed by atoms with van der Waals surface area (Å²) in [6.07, 6.45) is 4.81. The fourth-order valence-corrected chi connectivity index (χ4v) is 5.40. The molecule has 2 aromatic heterocycles. The van der Waals surface area contributed by atoms with E-state index in [0.29, 0.717) is 11.6 Å². The zero-order valence-corrected chi connectivity index (χ0v) is 20.7. The Hall–Kier alpha value is -2.85. The zero-order valence-electron chi connectivity index (χ0n) is 19.2. The molecule has 0 radical (unpaired) electrons. The standard InChI is InChI=1S/C23H27ClN6O3S/c1-15-12-22(28-9-5-10-28)30-21(25-15)14-19(26-30)20-6-3-4-11-29(20)23(31)17-13-16(24)7-8-18(17)27-34(2,32)33/h7-8,12-14,20,27H,3-6,9-11H2,1-2H3/t20-/m0/s1. The van der Waals surface area contributed by atoms with E-state index < -0.39 is 10.0 Å². The number of hydrogen-bond acceptors (Lipinski definition) is 6. The van der Waals surface area contributed by atoms with Crippen molar-refractivity contribution in [2.24, 2.45) is 0 Å². The summed E-state index contributed by atoms with van der Waals surface area (Å²) in [4.78, 5) is 22.4. The minimum Gasteiger partial charge on any atom is -0.356 e. The summed E-state index contributed by atoms with van der Waals surface area (Å²) in [7, 11) is -3.57. The van der Waals surface area contributed by atoms with Gasteiger partial charge in [-0.25, -0.2) is 13.4 Å². The van der Waals surface area contributed by atoms with Crippen LogP contribution in [0, 0.1) is 6.92 Å². The Morgan fingerprint density at radius 3 is 2.62 bits per heavy atom. The first kappa shape index (κ1) is 22.9. The van der Waals surface area contributed by atoms with Crippen LogP contribution in [-0.2, 0) is 10.0 Å². The molecule has 0 aliphatic carbocycles. The highest BCUT2D eigenvalue weighted by atomic mass is 35.5. The number of sulfonamides is 1. The van der Waals surface area contributed by atoms with E-state index in [0.717, 1.165) is 67.9 Å². The Morgan fingerprint density at radius 1 is 1.12 bits per heavy atom. The molecule has 9 nitrogen and oxygen atoms in total. The lowest BCUT2D eigenvalue weighted by Gasteiger charge is -2.35. The number of aryl methyl sites for hydroxylation is 1. The maximum absolute atomic E-state index is 13.7. The van der Waals surface area contributed by atoms with Crippen LogP contribution in [-0.4, -0.2) is 59.7 Å². The van der Waals surface area contributed by atoms with Gasteiger partial charge in [-0.05, 0) is 50.8 Å². The summed E-state index contributed by atoms with van der Waals surface area (Å²) in [6, 6.07) is 8.36. The molecule has 0 saturated carbocycles. The molecule has 2 saturated heterocycles. The number of halogens is 1. The second-order valence-electron chi connectivity index (χ2n) is 9.01. The number of anilines is 2. The molecule has 0 unspecified atom stereocenters. The molecule has 0 spiro atoms. The largest absolute Gasteiger partial charge is 0.356 e. The van der Waals surface area contributed by atoms with Gasteiger partial charge in [0.15, 0.2) is 5.65 Å². The van der Waals surface area contributed by atoms with Crippen molar-refractivity contribution in [3.05, 3.63) is 52.3 Å². The van der Waals surface area contributed by atoms with Crippen molar-refractivity contribution < 1.29 is 13.2 Å². The monoisotopic (exact) mass is 502 g/mol. The third-order valence-corrected chi connectivity index (χ3v) is 7.17. The van der Waals surface area contributed by atoms with Gasteiger partial charge in [-0.15, -0.1) is 0 Å². The maximum atomic E-state index is 13.7. The van der Waals surface area contributed by atoms with E-state index in [4.69, 9.17) is 16.7 Å². The highest BCUT2D eigenvalue weighted by Crippen LogP contribution is 2.35. The molecule has 0 bridgehead atoms. The minimum atomic E-state index is -3.57. The number of nitrogens with zero attached hydrogens (tertiary/aromatic N) is 5. The number of carbonyl (C=O) groups is 1. The number of hydrogen-bond donors (Lipinski definition) is 1. The SMILES string of the molecule is Cc1cc(N2CCC2)n2nc([C@@H]3CCCCN3C(=O)c3cc(Cl)ccc3NS(C)(=O)=O)cc2n1. The molecule has 2 fully saturated rings. The van der Waals surface area contributed by atoms with E-state index in [2.05, 4.69) is 14.6 Å². The number of rotatable bonds is 5. The second kappa shape index (κ2) is 8.74. The molecule has 11 heteroatoms. The average Bonchev–Trinajstić information content (AvgIpc) is 3.16. The van der Waals surface area contributed by atoms with Crippen molar-refractivity contribution in [3.8, 4) is 0 Å². The van der Waals surface area contributed by atoms with Crippen molar-refractivity contribution in [1.29, 1.82) is 0 Å². The average molecular weight is 503 g/mol. The van der Waals surface area contributed by atoms with E-state index in [1.54, 1.807) is 11.0 Å². The van der Waals surface area contributed by atoms with Gasteiger partial charge in [-0.3, -0.25) is 9.52 Å². The predicted octanol–water partition coefficient (Wildman–Crippen LogP) is 3.64. The molecular formula is C23H27ClN6O3S. The van der Waals surface area contributed by atoms with Crippen LogP contribution in [0.2, 0.25) is 5.02 Å². The molecule has 34 heavy (non-hydrogen) atoms. The number of carbonyl (C=O) groups excluding carboxylic acids is 1. The van der Waals surface area contributed by atoms with Gasteiger partial charge >= 0.3 is 0 Å². The van der Waals surface area contributed by atoms with Crippen molar-refractivity contribution in [1.82, 2.24) is 19.5 Å². The van der Waals surface area contributed by atoms with E-state index in [-0.39, 0.29) is 23.2 Å². The normalized spacial score (nSPS) is 18.7. The summed E-state index contributed by atoms with van der Waals surface area (Å²) in [5, 5.41) is 5.25. The molecule has 3 aromatic rings. The Balaban J connectivity index is 1.53. The number of fused-ring (bicyclic) bond motifs is 1. The van der Waals surface area contributed by atoms with Gasteiger partial charge in [0.25, 0.3) is 5.91 Å². The third-order valence-electron chi connectivity index (χ3n) is 6.35. The highest BCUT2D eigenvalue weighted by Gasteiger charge is 2.33. The smallest absolute Gasteiger partial charge is 0.256 e. The molecule has 4 heterocycles. The van der Waals surface area contributed by atoms with Crippen LogP contribution in [0.3, 0.4) is 0 Å². The van der Waals surface area contributed by atoms with Gasteiger partial charge in [0.1, 0.15) is 5.82 Å². The van der Waals surface area contributed by atoms with Crippen LogP contribution in [0.25, 0.3) is 5.65 Å². The molecule has 5 rings (SSSR count). The number of benzene rings is 1. The highest BCUT2D eigenvalue weighted by molar-refractivity contribution is 7.92. The van der Waals surface area contributed by atoms with E-state index in [9.17, 15) is 13.2 Å². The van der Waals surface area contributed by atoms with Gasteiger partial charge < -0.3 is 9.80 Å². The minimum absolute atomic E-state index is 0.216. The summed E-state index contributed by atoms with van der Waals surface area (Å²) in [6.45, 7) is 4.51. The Bertz CT molecular complexity index is 1370. The number of amides is 1. The molecule has 1 aromatic carbocycles. The lowest BCUT2D eigenvalue weighted by Crippen LogP contribution is -2.39. The fraction of sp³-hybridized carbons (Fsp3) is 0.435. The third kappa shape index (κ3) is 4.44. The Kier molecular flexibility index (Phi) is 5.89. The Morgan fingerprint density at radius 2 is 1.91 bits per heavy atom. The Labute approximate surface area is 203 Å².